The number of nitrogens with two attached hydrogens (primary N) is 1. The van der Waals surface area contributed by atoms with Gasteiger partial charge < -0.3 is 11.1 Å². The zero-order valence-corrected chi connectivity index (χ0v) is 8.49. The number of hydrogen-bond donors (Lipinski definition) is 2. The first kappa shape index (κ1) is 11.4. The van der Waals surface area contributed by atoms with E-state index in [1.807, 2.05) is 12.1 Å². The van der Waals surface area contributed by atoms with Gasteiger partial charge in [-0.05, 0) is 24.1 Å². The third-order valence-corrected chi connectivity index (χ3v) is 1.88. The summed E-state index contributed by atoms with van der Waals surface area (Å²) in [5.41, 5.74) is 7.11. The average Bonchev–Trinajstić information content (AvgIpc) is 2.20. The van der Waals surface area contributed by atoms with Crippen LogP contribution < -0.4 is 11.1 Å². The molecule has 0 aliphatic rings. The normalized spacial score (nSPS) is 11.9. The van der Waals surface area contributed by atoms with Crippen molar-refractivity contribution < 1.29 is 9.59 Å². The number of nitrogens with one attached hydrogen (secondary N) is 1. The van der Waals surface area contributed by atoms with Crippen LogP contribution in [0.3, 0.4) is 0 Å². The Kier molecular flexibility index (Phi) is 4.00. The lowest BCUT2D eigenvalue weighted by molar-refractivity contribution is -0.114. The maximum absolute atomic E-state index is 10.7. The minimum atomic E-state index is -0.586. The van der Waals surface area contributed by atoms with Crippen LogP contribution in [-0.4, -0.2) is 18.2 Å². The molecule has 1 atom stereocenters. The minimum absolute atomic E-state index is 0.110. The number of rotatable bonds is 4. The number of carbonyl (C=O) groups excluding carboxylic acids is 2. The summed E-state index contributed by atoms with van der Waals surface area (Å²) in [5.74, 6) is -0.110. The second-order valence-corrected chi connectivity index (χ2v) is 3.31. The molecule has 15 heavy (non-hydrogen) atoms. The predicted octanol–water partition coefficient (Wildman–Crippen LogP) is 0.624. The van der Waals surface area contributed by atoms with E-state index in [2.05, 4.69) is 5.32 Å². The smallest absolute Gasteiger partial charge is 0.221 e. The molecule has 0 aromatic heterocycles. The third kappa shape index (κ3) is 3.91. The van der Waals surface area contributed by atoms with Crippen molar-refractivity contribution in [2.24, 2.45) is 5.73 Å². The minimum Gasteiger partial charge on any atom is -0.326 e. The Morgan fingerprint density at radius 1 is 1.47 bits per heavy atom. The van der Waals surface area contributed by atoms with Crippen LogP contribution in [0.1, 0.15) is 12.5 Å². The molecule has 1 rings (SSSR count). The summed E-state index contributed by atoms with van der Waals surface area (Å²) < 4.78 is 0. The highest BCUT2D eigenvalue weighted by Crippen LogP contribution is 2.10. The van der Waals surface area contributed by atoms with Crippen molar-refractivity contribution in [1.29, 1.82) is 0 Å². The van der Waals surface area contributed by atoms with E-state index in [0.29, 0.717) is 6.42 Å². The second kappa shape index (κ2) is 5.26. The van der Waals surface area contributed by atoms with E-state index < -0.39 is 6.04 Å². The molecule has 4 heteroatoms. The molecule has 1 amide bonds. The average molecular weight is 205 g/mol. The van der Waals surface area contributed by atoms with Crippen LogP contribution in [0.25, 0.3) is 0 Å². The van der Waals surface area contributed by atoms with Gasteiger partial charge in [-0.3, -0.25) is 9.59 Å². The van der Waals surface area contributed by atoms with Crippen LogP contribution in [0.15, 0.2) is 24.3 Å². The topological polar surface area (TPSA) is 72.2 Å². The lowest BCUT2D eigenvalue weighted by atomic mass is 10.1. The quantitative estimate of drug-likeness (QED) is 0.757. The number of hydrogen-bond acceptors (Lipinski definition) is 3. The van der Waals surface area contributed by atoms with Gasteiger partial charge in [0, 0.05) is 12.6 Å². The number of anilines is 1. The first-order valence-electron chi connectivity index (χ1n) is 4.61. The summed E-state index contributed by atoms with van der Waals surface area (Å²) in [6.07, 6.45) is 2.18. The Labute approximate surface area is 88.5 Å². The van der Waals surface area contributed by atoms with Gasteiger partial charge >= 0.3 is 0 Å². The molecular weight excluding hydrogens is 192 g/mol. The van der Waals surface area contributed by atoms with Crippen molar-refractivity contribution in [2.45, 2.75) is 19.4 Å². The SMILES string of the molecule is CC(=O)Nc1ccc(C[C@@H](N)[C]=O)cc1. The molecule has 79 valence electrons. The molecule has 4 nitrogen and oxygen atoms in total. The fourth-order valence-electron chi connectivity index (χ4n) is 1.22. The molecule has 1 radical (unpaired) electrons. The van der Waals surface area contributed by atoms with Gasteiger partial charge in [-0.1, -0.05) is 12.1 Å². The molecule has 0 saturated heterocycles. The predicted molar refractivity (Wildman–Crippen MR) is 58.1 cm³/mol. The first-order chi connectivity index (χ1) is 7.11. The van der Waals surface area contributed by atoms with E-state index in [-0.39, 0.29) is 5.91 Å². The largest absolute Gasteiger partial charge is 0.326 e. The molecule has 0 saturated carbocycles. The van der Waals surface area contributed by atoms with Gasteiger partial charge in [0.2, 0.25) is 12.2 Å². The van der Waals surface area contributed by atoms with E-state index in [1.165, 1.54) is 6.92 Å². The van der Waals surface area contributed by atoms with E-state index in [4.69, 9.17) is 5.73 Å². The number of carbonyl (C=O) groups is 1. The molecule has 0 aliphatic heterocycles. The zero-order chi connectivity index (χ0) is 11.3. The van der Waals surface area contributed by atoms with Crippen LogP contribution in [0, 0.1) is 0 Å². The van der Waals surface area contributed by atoms with Gasteiger partial charge in [-0.15, -0.1) is 0 Å². The van der Waals surface area contributed by atoms with Crippen LogP contribution in [0.5, 0.6) is 0 Å². The molecule has 0 bridgehead atoms. The Bertz CT molecular complexity index is 346. The molecule has 0 unspecified atom stereocenters. The second-order valence-electron chi connectivity index (χ2n) is 3.31. The highest BCUT2D eigenvalue weighted by Gasteiger charge is 2.03. The summed E-state index contributed by atoms with van der Waals surface area (Å²) in [5, 5.41) is 2.65. The number of amides is 1. The highest BCUT2D eigenvalue weighted by atomic mass is 16.1. The van der Waals surface area contributed by atoms with Gasteiger partial charge in [0.05, 0.1) is 6.04 Å². The third-order valence-electron chi connectivity index (χ3n) is 1.88. The van der Waals surface area contributed by atoms with Gasteiger partial charge in [-0.25, -0.2) is 0 Å². The molecule has 0 heterocycles. The maximum atomic E-state index is 10.7. The fraction of sp³-hybridized carbons (Fsp3) is 0.273. The Morgan fingerprint density at radius 2 is 2.07 bits per heavy atom. The van der Waals surface area contributed by atoms with Crippen molar-refractivity contribution in [2.75, 3.05) is 5.32 Å². The zero-order valence-electron chi connectivity index (χ0n) is 8.49. The van der Waals surface area contributed by atoms with Crippen LogP contribution in [-0.2, 0) is 16.0 Å². The van der Waals surface area contributed by atoms with Crippen molar-refractivity contribution >= 4 is 17.9 Å². The lowest BCUT2D eigenvalue weighted by Gasteiger charge is -2.05. The summed E-state index contributed by atoms with van der Waals surface area (Å²) in [4.78, 5) is 21.0. The van der Waals surface area contributed by atoms with E-state index in [0.717, 1.165) is 11.3 Å². The van der Waals surface area contributed by atoms with E-state index in [9.17, 15) is 9.59 Å². The standard InChI is InChI=1S/C11H13N2O2/c1-8(15)13-11-4-2-9(3-5-11)6-10(12)7-14/h2-5,10H,6,12H2,1H3,(H,13,15)/t10-/m1/s1. The highest BCUT2D eigenvalue weighted by molar-refractivity contribution is 5.88. The Hall–Kier alpha value is -1.68. The van der Waals surface area contributed by atoms with Crippen molar-refractivity contribution in [3.05, 3.63) is 29.8 Å². The monoisotopic (exact) mass is 205 g/mol. The summed E-state index contributed by atoms with van der Waals surface area (Å²) in [6, 6.07) is 6.60. The molecule has 0 aliphatic carbocycles. The molecule has 1 aromatic carbocycles. The van der Waals surface area contributed by atoms with E-state index >= 15 is 0 Å². The fourth-order valence-corrected chi connectivity index (χ4v) is 1.22. The van der Waals surface area contributed by atoms with Crippen molar-refractivity contribution in [3.8, 4) is 0 Å². The van der Waals surface area contributed by atoms with Gasteiger partial charge in [0.25, 0.3) is 0 Å². The number of benzene rings is 1. The van der Waals surface area contributed by atoms with E-state index in [1.54, 1.807) is 18.4 Å². The van der Waals surface area contributed by atoms with Crippen molar-refractivity contribution in [1.82, 2.24) is 0 Å². The molecule has 1 aromatic rings. The van der Waals surface area contributed by atoms with Gasteiger partial charge in [0.15, 0.2) is 0 Å². The van der Waals surface area contributed by atoms with Crippen LogP contribution in [0.4, 0.5) is 5.69 Å². The summed E-state index contributed by atoms with van der Waals surface area (Å²) in [6.45, 7) is 1.45. The summed E-state index contributed by atoms with van der Waals surface area (Å²) in [7, 11) is 0. The van der Waals surface area contributed by atoms with Crippen LogP contribution >= 0.6 is 0 Å². The van der Waals surface area contributed by atoms with Crippen molar-refractivity contribution in [3.63, 3.8) is 0 Å². The van der Waals surface area contributed by atoms with Gasteiger partial charge in [0.1, 0.15) is 0 Å². The molecule has 0 spiro atoms. The molecular formula is C11H13N2O2. The maximum Gasteiger partial charge on any atom is 0.221 e. The Morgan fingerprint density at radius 3 is 2.53 bits per heavy atom. The van der Waals surface area contributed by atoms with Gasteiger partial charge in [-0.2, -0.15) is 0 Å². The first-order valence-corrected chi connectivity index (χ1v) is 4.61. The van der Waals surface area contributed by atoms with Crippen LogP contribution in [0.2, 0.25) is 0 Å². The summed E-state index contributed by atoms with van der Waals surface area (Å²) >= 11 is 0. The lowest BCUT2D eigenvalue weighted by Crippen LogP contribution is -2.23. The Balaban J connectivity index is 2.63. The molecule has 3 N–H and O–H groups in total. The molecule has 0 fully saturated rings.